The summed E-state index contributed by atoms with van der Waals surface area (Å²) in [7, 11) is -3.62. The molecule has 0 aliphatic carbocycles. The van der Waals surface area contributed by atoms with Gasteiger partial charge in [-0.1, -0.05) is 6.92 Å². The molecule has 20 heavy (non-hydrogen) atoms. The third-order valence-corrected chi connectivity index (χ3v) is 6.16. The van der Waals surface area contributed by atoms with E-state index in [4.69, 9.17) is 14.9 Å². The molecule has 1 aromatic rings. The molecule has 2 N–H and O–H groups in total. The lowest BCUT2D eigenvalue weighted by Crippen LogP contribution is -2.51. The highest BCUT2D eigenvalue weighted by Gasteiger charge is 2.37. The smallest absolute Gasteiger partial charge is 0.247 e. The van der Waals surface area contributed by atoms with Gasteiger partial charge in [0.25, 0.3) is 0 Å². The van der Waals surface area contributed by atoms with Crippen LogP contribution in [0, 0.1) is 0 Å². The third-order valence-electron chi connectivity index (χ3n) is 3.38. The Kier molecular flexibility index (Phi) is 4.91. The number of sulfonamides is 1. The molecule has 2 heterocycles. The Morgan fingerprint density at radius 2 is 2.25 bits per heavy atom. The minimum atomic E-state index is -3.62. The SMILES string of the molecule is CCC1COC(C)CN1S(=O)(=O)c1cc(CN)oc1Br. The monoisotopic (exact) mass is 366 g/mol. The Morgan fingerprint density at radius 3 is 2.80 bits per heavy atom. The maximum atomic E-state index is 12.8. The molecule has 0 bridgehead atoms. The van der Waals surface area contributed by atoms with Crippen LogP contribution >= 0.6 is 15.9 Å². The molecule has 2 rings (SSSR count). The highest BCUT2D eigenvalue weighted by Crippen LogP contribution is 2.31. The Balaban J connectivity index is 2.39. The van der Waals surface area contributed by atoms with Gasteiger partial charge in [-0.3, -0.25) is 0 Å². The molecule has 8 heteroatoms. The van der Waals surface area contributed by atoms with Gasteiger partial charge in [0.2, 0.25) is 10.0 Å². The quantitative estimate of drug-likeness (QED) is 0.875. The molecule has 1 saturated heterocycles. The number of ether oxygens (including phenoxy) is 1. The van der Waals surface area contributed by atoms with Gasteiger partial charge in [-0.25, -0.2) is 8.42 Å². The van der Waals surface area contributed by atoms with Crippen LogP contribution < -0.4 is 5.73 Å². The molecule has 1 aliphatic heterocycles. The highest BCUT2D eigenvalue weighted by molar-refractivity contribution is 9.10. The molecule has 0 amide bonds. The fraction of sp³-hybridized carbons (Fsp3) is 0.667. The predicted octanol–water partition coefficient (Wildman–Crippen LogP) is 1.69. The van der Waals surface area contributed by atoms with Crippen molar-refractivity contribution in [2.45, 2.75) is 43.9 Å². The van der Waals surface area contributed by atoms with Crippen molar-refractivity contribution in [3.05, 3.63) is 16.5 Å². The maximum absolute atomic E-state index is 12.8. The van der Waals surface area contributed by atoms with E-state index in [1.807, 2.05) is 13.8 Å². The van der Waals surface area contributed by atoms with E-state index >= 15 is 0 Å². The average molecular weight is 367 g/mol. The maximum Gasteiger partial charge on any atom is 0.247 e. The normalized spacial score (nSPS) is 25.0. The van der Waals surface area contributed by atoms with E-state index in [9.17, 15) is 8.42 Å². The van der Waals surface area contributed by atoms with Gasteiger partial charge in [0.05, 0.1) is 19.3 Å². The number of halogens is 1. The molecule has 1 fully saturated rings. The summed E-state index contributed by atoms with van der Waals surface area (Å²) in [6.45, 7) is 4.73. The minimum Gasteiger partial charge on any atom is -0.452 e. The Morgan fingerprint density at radius 1 is 1.55 bits per heavy atom. The first-order chi connectivity index (χ1) is 9.40. The van der Waals surface area contributed by atoms with Gasteiger partial charge < -0.3 is 14.9 Å². The van der Waals surface area contributed by atoms with Crippen LogP contribution in [-0.2, 0) is 21.3 Å². The van der Waals surface area contributed by atoms with Gasteiger partial charge in [0.1, 0.15) is 10.7 Å². The summed E-state index contributed by atoms with van der Waals surface area (Å²) >= 11 is 3.16. The second-order valence-electron chi connectivity index (χ2n) is 4.84. The zero-order valence-corrected chi connectivity index (χ0v) is 13.9. The summed E-state index contributed by atoms with van der Waals surface area (Å²) in [6, 6.07) is 1.33. The zero-order valence-electron chi connectivity index (χ0n) is 11.5. The van der Waals surface area contributed by atoms with Crippen LogP contribution in [0.5, 0.6) is 0 Å². The fourth-order valence-corrected chi connectivity index (χ4v) is 4.95. The van der Waals surface area contributed by atoms with Crippen molar-refractivity contribution >= 4 is 26.0 Å². The average Bonchev–Trinajstić information content (AvgIpc) is 2.80. The summed E-state index contributed by atoms with van der Waals surface area (Å²) in [6.07, 6.45) is 0.581. The van der Waals surface area contributed by atoms with E-state index in [1.165, 1.54) is 10.4 Å². The summed E-state index contributed by atoms with van der Waals surface area (Å²) in [5.41, 5.74) is 5.49. The van der Waals surface area contributed by atoms with Gasteiger partial charge in [-0.15, -0.1) is 0 Å². The van der Waals surface area contributed by atoms with E-state index in [1.54, 1.807) is 0 Å². The summed E-state index contributed by atoms with van der Waals surface area (Å²) < 4.78 is 38.1. The van der Waals surface area contributed by atoms with Crippen molar-refractivity contribution in [3.8, 4) is 0 Å². The molecule has 0 saturated carbocycles. The molecule has 1 aromatic heterocycles. The standard InChI is InChI=1S/C12H19BrN2O4S/c1-3-9-7-18-8(2)6-15(9)20(16,17)11-4-10(5-14)19-12(11)13/h4,8-9H,3,5-7,14H2,1-2H3. The largest absolute Gasteiger partial charge is 0.452 e. The van der Waals surface area contributed by atoms with Crippen LogP contribution in [0.15, 0.2) is 20.0 Å². The summed E-state index contributed by atoms with van der Waals surface area (Å²) in [5, 5.41) is 0. The number of rotatable bonds is 4. The van der Waals surface area contributed by atoms with Crippen molar-refractivity contribution in [1.29, 1.82) is 0 Å². The lowest BCUT2D eigenvalue weighted by atomic mass is 10.2. The molecule has 0 spiro atoms. The lowest BCUT2D eigenvalue weighted by Gasteiger charge is -2.36. The first-order valence-corrected chi connectivity index (χ1v) is 8.75. The molecule has 1 aliphatic rings. The van der Waals surface area contributed by atoms with Crippen LogP contribution in [0.25, 0.3) is 0 Å². The number of hydrogen-bond donors (Lipinski definition) is 1. The summed E-state index contributed by atoms with van der Waals surface area (Å²) in [5.74, 6) is 0.435. The number of nitrogens with zero attached hydrogens (tertiary/aromatic N) is 1. The van der Waals surface area contributed by atoms with Crippen molar-refractivity contribution in [2.24, 2.45) is 5.73 Å². The van der Waals surface area contributed by atoms with E-state index in [0.29, 0.717) is 25.3 Å². The Labute approximate surface area is 127 Å². The Hall–Kier alpha value is -0.410. The molecule has 114 valence electrons. The van der Waals surface area contributed by atoms with Gasteiger partial charge in [-0.2, -0.15) is 4.31 Å². The highest BCUT2D eigenvalue weighted by atomic mass is 79.9. The second kappa shape index (κ2) is 6.15. The van der Waals surface area contributed by atoms with Crippen molar-refractivity contribution in [1.82, 2.24) is 4.31 Å². The Bertz CT molecular complexity index is 572. The van der Waals surface area contributed by atoms with Crippen molar-refractivity contribution < 1.29 is 17.6 Å². The summed E-state index contributed by atoms with van der Waals surface area (Å²) in [4.78, 5) is 0.130. The molecule has 2 atom stereocenters. The van der Waals surface area contributed by atoms with Crippen molar-refractivity contribution in [3.63, 3.8) is 0 Å². The van der Waals surface area contributed by atoms with Gasteiger partial charge in [0.15, 0.2) is 4.67 Å². The van der Waals surface area contributed by atoms with Crippen LogP contribution in [0.1, 0.15) is 26.0 Å². The number of morpholine rings is 1. The van der Waals surface area contributed by atoms with Gasteiger partial charge in [-0.05, 0) is 29.3 Å². The number of nitrogens with two attached hydrogens (primary N) is 1. The number of hydrogen-bond acceptors (Lipinski definition) is 5. The topological polar surface area (TPSA) is 85.8 Å². The van der Waals surface area contributed by atoms with Crippen molar-refractivity contribution in [2.75, 3.05) is 13.2 Å². The first kappa shape index (κ1) is 16.0. The molecular weight excluding hydrogens is 348 g/mol. The fourth-order valence-electron chi connectivity index (χ4n) is 2.23. The van der Waals surface area contributed by atoms with Crippen LogP contribution in [0.4, 0.5) is 0 Å². The van der Waals surface area contributed by atoms with E-state index in [-0.39, 0.29) is 28.3 Å². The van der Waals surface area contributed by atoms with Gasteiger partial charge >= 0.3 is 0 Å². The first-order valence-electron chi connectivity index (χ1n) is 6.51. The lowest BCUT2D eigenvalue weighted by molar-refractivity contribution is -0.0230. The molecule has 2 unspecified atom stereocenters. The molecule has 6 nitrogen and oxygen atoms in total. The molecule has 0 radical (unpaired) electrons. The molecule has 0 aromatic carbocycles. The zero-order chi connectivity index (χ0) is 14.9. The second-order valence-corrected chi connectivity index (χ2v) is 7.41. The predicted molar refractivity (Wildman–Crippen MR) is 77.7 cm³/mol. The van der Waals surface area contributed by atoms with Gasteiger partial charge in [0, 0.05) is 18.7 Å². The number of furan rings is 1. The van der Waals surface area contributed by atoms with Crippen LogP contribution in [-0.4, -0.2) is 38.0 Å². The molecular formula is C12H19BrN2O4S. The van der Waals surface area contributed by atoms with E-state index < -0.39 is 10.0 Å². The minimum absolute atomic E-state index is 0.118. The third kappa shape index (κ3) is 2.94. The van der Waals surface area contributed by atoms with Crippen LogP contribution in [0.2, 0.25) is 0 Å². The van der Waals surface area contributed by atoms with Crippen LogP contribution in [0.3, 0.4) is 0 Å². The van der Waals surface area contributed by atoms with E-state index in [2.05, 4.69) is 15.9 Å². The van der Waals surface area contributed by atoms with E-state index in [0.717, 1.165) is 0 Å².